The van der Waals surface area contributed by atoms with Gasteiger partial charge in [0.25, 0.3) is 0 Å². The molecule has 3 rings (SSSR count). The number of nitrogens with one attached hydrogen (secondary N) is 2. The molecule has 0 spiro atoms. The summed E-state index contributed by atoms with van der Waals surface area (Å²) in [5, 5.41) is 5.60. The highest BCUT2D eigenvalue weighted by Crippen LogP contribution is 2.36. The van der Waals surface area contributed by atoms with Gasteiger partial charge in [0.15, 0.2) is 0 Å². The van der Waals surface area contributed by atoms with Gasteiger partial charge in [-0.1, -0.05) is 12.1 Å². The monoisotopic (exact) mass is 441 g/mol. The van der Waals surface area contributed by atoms with Gasteiger partial charge in [0, 0.05) is 17.6 Å². The minimum Gasteiger partial charge on any atom is -0.374 e. The maximum Gasteiger partial charge on any atom is 0.416 e. The molecule has 2 N–H and O–H groups in total. The van der Waals surface area contributed by atoms with Crippen LogP contribution in [0.3, 0.4) is 0 Å². The summed E-state index contributed by atoms with van der Waals surface area (Å²) < 4.78 is 40.0. The Morgan fingerprint density at radius 2 is 1.78 bits per heavy atom. The van der Waals surface area contributed by atoms with Crippen molar-refractivity contribution in [2.24, 2.45) is 0 Å². The molecule has 1 saturated heterocycles. The molecule has 0 radical (unpaired) electrons. The zero-order valence-electron chi connectivity index (χ0n) is 14.4. The first-order valence-corrected chi connectivity index (χ1v) is 9.38. The fourth-order valence-electron chi connectivity index (χ4n) is 3.02. The van der Waals surface area contributed by atoms with Crippen LogP contribution in [0.25, 0.3) is 0 Å². The molecule has 1 aliphatic heterocycles. The van der Waals surface area contributed by atoms with E-state index in [1.165, 1.54) is 6.07 Å². The van der Waals surface area contributed by atoms with E-state index in [0.29, 0.717) is 17.1 Å². The molecule has 2 aromatic rings. The summed E-state index contributed by atoms with van der Waals surface area (Å²) in [6, 6.07) is 10.8. The fourth-order valence-corrected chi connectivity index (χ4v) is 3.40. The highest BCUT2D eigenvalue weighted by molar-refractivity contribution is 9.10. The number of carbonyl (C=O) groups excluding carboxylic acids is 1. The topological polar surface area (TPSA) is 44.4 Å². The number of hydrogen-bond acceptors (Lipinski definition) is 3. The molecule has 1 aliphatic rings. The van der Waals surface area contributed by atoms with Crippen LogP contribution in [0.15, 0.2) is 46.9 Å². The molecule has 1 fully saturated rings. The molecule has 0 aliphatic carbocycles. The van der Waals surface area contributed by atoms with Crippen LogP contribution in [0.4, 0.5) is 30.2 Å². The van der Waals surface area contributed by atoms with Crippen molar-refractivity contribution >= 4 is 38.9 Å². The normalized spacial score (nSPS) is 14.3. The van der Waals surface area contributed by atoms with E-state index in [0.717, 1.165) is 42.5 Å². The Balaban J connectivity index is 1.75. The van der Waals surface area contributed by atoms with Gasteiger partial charge in [0.2, 0.25) is 5.91 Å². The van der Waals surface area contributed by atoms with Gasteiger partial charge >= 0.3 is 6.18 Å². The number of carbonyl (C=O) groups is 1. The number of halogens is 4. The molecule has 0 bridgehead atoms. The number of hydrogen-bond donors (Lipinski definition) is 2. The second kappa shape index (κ2) is 8.21. The first-order chi connectivity index (χ1) is 12.8. The number of nitrogens with zero attached hydrogens (tertiary/aromatic N) is 1. The lowest BCUT2D eigenvalue weighted by Crippen LogP contribution is -2.24. The van der Waals surface area contributed by atoms with Crippen molar-refractivity contribution in [1.82, 2.24) is 0 Å². The molecular weight excluding hydrogens is 423 g/mol. The maximum absolute atomic E-state index is 13.1. The Bertz CT molecular complexity index is 820. The number of alkyl halides is 3. The van der Waals surface area contributed by atoms with E-state index < -0.39 is 11.7 Å². The minimum atomic E-state index is -4.43. The lowest BCUT2D eigenvalue weighted by molar-refractivity contribution is -0.137. The zero-order chi connectivity index (χ0) is 19.4. The van der Waals surface area contributed by atoms with Crippen LogP contribution in [0.2, 0.25) is 0 Å². The summed E-state index contributed by atoms with van der Waals surface area (Å²) in [5.74, 6) is -0.341. The third kappa shape index (κ3) is 4.94. The fraction of sp³-hybridized carbons (Fsp3) is 0.316. The van der Waals surface area contributed by atoms with E-state index in [1.54, 1.807) is 18.2 Å². The first-order valence-electron chi connectivity index (χ1n) is 8.59. The Kier molecular flexibility index (Phi) is 5.94. The third-order valence-corrected chi connectivity index (χ3v) is 5.05. The summed E-state index contributed by atoms with van der Waals surface area (Å²) in [6.07, 6.45) is -2.43. The Morgan fingerprint density at radius 3 is 2.44 bits per heavy atom. The Hall–Kier alpha value is -2.22. The molecule has 0 aromatic heterocycles. The van der Waals surface area contributed by atoms with E-state index in [2.05, 4.69) is 26.6 Å². The van der Waals surface area contributed by atoms with E-state index in [4.69, 9.17) is 0 Å². The van der Waals surface area contributed by atoms with Crippen molar-refractivity contribution in [1.29, 1.82) is 0 Å². The van der Waals surface area contributed by atoms with Crippen molar-refractivity contribution in [2.45, 2.75) is 19.0 Å². The highest BCUT2D eigenvalue weighted by Gasteiger charge is 2.31. The Morgan fingerprint density at radius 1 is 1.07 bits per heavy atom. The van der Waals surface area contributed by atoms with Crippen LogP contribution < -0.4 is 15.5 Å². The molecule has 1 heterocycles. The van der Waals surface area contributed by atoms with Gasteiger partial charge < -0.3 is 15.5 Å². The van der Waals surface area contributed by atoms with Crippen LogP contribution in [-0.4, -0.2) is 25.5 Å². The molecule has 4 nitrogen and oxygen atoms in total. The van der Waals surface area contributed by atoms with Gasteiger partial charge in [0.05, 0.1) is 29.2 Å². The van der Waals surface area contributed by atoms with E-state index >= 15 is 0 Å². The Labute approximate surface area is 163 Å². The quantitative estimate of drug-likeness (QED) is 0.676. The van der Waals surface area contributed by atoms with Crippen molar-refractivity contribution < 1.29 is 18.0 Å². The summed E-state index contributed by atoms with van der Waals surface area (Å²) in [6.45, 7) is 1.45. The van der Waals surface area contributed by atoms with Crippen LogP contribution in [0, 0.1) is 0 Å². The maximum atomic E-state index is 13.1. The summed E-state index contributed by atoms with van der Waals surface area (Å²) >= 11 is 3.34. The molecule has 144 valence electrons. The largest absolute Gasteiger partial charge is 0.416 e. The van der Waals surface area contributed by atoms with Gasteiger partial charge in [-0.15, -0.1) is 0 Å². The number of amides is 1. The van der Waals surface area contributed by atoms with Gasteiger partial charge in [-0.25, -0.2) is 0 Å². The highest BCUT2D eigenvalue weighted by atomic mass is 79.9. The average molecular weight is 442 g/mol. The molecule has 0 saturated carbocycles. The molecule has 1 amide bonds. The molecule has 0 atom stereocenters. The third-order valence-electron chi connectivity index (χ3n) is 4.36. The van der Waals surface area contributed by atoms with E-state index in [1.807, 2.05) is 11.0 Å². The number of benzene rings is 2. The smallest absolute Gasteiger partial charge is 0.374 e. The lowest BCUT2D eigenvalue weighted by atomic mass is 10.1. The summed E-state index contributed by atoms with van der Waals surface area (Å²) in [4.78, 5) is 14.3. The summed E-state index contributed by atoms with van der Waals surface area (Å²) in [5.41, 5.74) is 0.871. The van der Waals surface area contributed by atoms with Crippen molar-refractivity contribution in [3.05, 3.63) is 52.5 Å². The van der Waals surface area contributed by atoms with Gasteiger partial charge in [0.1, 0.15) is 0 Å². The number of anilines is 3. The minimum absolute atomic E-state index is 0.135. The van der Waals surface area contributed by atoms with Crippen molar-refractivity contribution in [3.8, 4) is 0 Å². The lowest BCUT2D eigenvalue weighted by Gasteiger charge is -2.23. The summed E-state index contributed by atoms with van der Waals surface area (Å²) in [7, 11) is 0. The van der Waals surface area contributed by atoms with Crippen LogP contribution in [0.5, 0.6) is 0 Å². The predicted octanol–water partition coefficient (Wildman–Crippen LogP) is 5.12. The number of rotatable bonds is 5. The number of para-hydroxylation sites is 1. The standard InChI is InChI=1S/C19H19BrF3N3O/c20-14-5-1-2-6-15(14)25-18(27)12-24-16-11-13(19(21,22)23)7-8-17(16)26-9-3-4-10-26/h1-2,5-8,11,24H,3-4,9-10,12H2,(H,25,27). The molecule has 27 heavy (non-hydrogen) atoms. The van der Waals surface area contributed by atoms with E-state index in [9.17, 15) is 18.0 Å². The second-order valence-electron chi connectivity index (χ2n) is 6.31. The molecular formula is C19H19BrF3N3O. The van der Waals surface area contributed by atoms with Crippen LogP contribution in [-0.2, 0) is 11.0 Å². The average Bonchev–Trinajstić information content (AvgIpc) is 3.15. The molecule has 0 unspecified atom stereocenters. The van der Waals surface area contributed by atoms with Gasteiger partial charge in [-0.3, -0.25) is 4.79 Å². The van der Waals surface area contributed by atoms with Crippen molar-refractivity contribution in [2.75, 3.05) is 35.2 Å². The first kappa shape index (κ1) is 19.5. The van der Waals surface area contributed by atoms with E-state index in [-0.39, 0.29) is 12.5 Å². The molecule has 2 aromatic carbocycles. The SMILES string of the molecule is O=C(CNc1cc(C(F)(F)F)ccc1N1CCCC1)Nc1ccccc1Br. The second-order valence-corrected chi connectivity index (χ2v) is 7.16. The van der Waals surface area contributed by atoms with Crippen LogP contribution in [0.1, 0.15) is 18.4 Å². The zero-order valence-corrected chi connectivity index (χ0v) is 16.0. The molecule has 8 heteroatoms. The van der Waals surface area contributed by atoms with Crippen molar-refractivity contribution in [3.63, 3.8) is 0 Å². The van der Waals surface area contributed by atoms with Gasteiger partial charge in [-0.2, -0.15) is 13.2 Å². The van der Waals surface area contributed by atoms with Gasteiger partial charge in [-0.05, 0) is 59.1 Å². The van der Waals surface area contributed by atoms with Crippen LogP contribution >= 0.6 is 15.9 Å². The predicted molar refractivity (Wildman–Crippen MR) is 104 cm³/mol.